The van der Waals surface area contributed by atoms with E-state index in [2.05, 4.69) is 4.52 Å². The lowest BCUT2D eigenvalue weighted by molar-refractivity contribution is -0.0380. The molecule has 0 aromatic rings. The summed E-state index contributed by atoms with van der Waals surface area (Å²) in [5.41, 5.74) is 0. The molecule has 1 rings (SSSR count). The first-order valence-corrected chi connectivity index (χ1v) is 8.16. The van der Waals surface area contributed by atoms with Gasteiger partial charge in [-0.25, -0.2) is 0 Å². The molecule has 0 aliphatic carbocycles. The van der Waals surface area contributed by atoms with Crippen LogP contribution in [0.5, 0.6) is 0 Å². The van der Waals surface area contributed by atoms with Crippen molar-refractivity contribution in [2.75, 3.05) is 35.5 Å². The molecule has 1 heterocycles. The monoisotopic (exact) mass is 309 g/mol. The van der Waals surface area contributed by atoms with Crippen molar-refractivity contribution in [2.45, 2.75) is 0 Å². The first kappa shape index (κ1) is 15.8. The molecule has 17 heavy (non-hydrogen) atoms. The van der Waals surface area contributed by atoms with Crippen LogP contribution in [0.1, 0.15) is 0 Å². The summed E-state index contributed by atoms with van der Waals surface area (Å²) in [5.74, 6) is 0. The van der Waals surface area contributed by atoms with Gasteiger partial charge in [-0.2, -0.15) is 8.71 Å². The molecule has 0 fully saturated rings. The Balaban J connectivity index is 3.18. The van der Waals surface area contributed by atoms with Crippen LogP contribution in [-0.2, 0) is 23.2 Å². The zero-order valence-electron chi connectivity index (χ0n) is 10.1. The fourth-order valence-corrected chi connectivity index (χ4v) is 7.67. The van der Waals surface area contributed by atoms with Crippen molar-refractivity contribution in [1.29, 1.82) is 0 Å². The second-order valence-electron chi connectivity index (χ2n) is 2.49. The standard InChI is InChI=1S/C5H15FN3O5P3/c1-10-8-15(12-3)7-17(6,14-5)9(11-2)16(8)13-4/h1-5H3. The Morgan fingerprint density at radius 3 is 2.06 bits per heavy atom. The third-order valence-electron chi connectivity index (χ3n) is 1.72. The number of nitrogens with zero attached hydrogens (tertiary/aromatic N) is 3. The van der Waals surface area contributed by atoms with E-state index in [0.29, 0.717) is 0 Å². The van der Waals surface area contributed by atoms with Crippen LogP contribution < -0.4 is 0 Å². The molecule has 0 amide bonds. The van der Waals surface area contributed by atoms with Crippen molar-refractivity contribution in [3.05, 3.63) is 0 Å². The summed E-state index contributed by atoms with van der Waals surface area (Å²) in [4.78, 5) is 10.0. The summed E-state index contributed by atoms with van der Waals surface area (Å²) in [5, 5.41) is 0. The van der Waals surface area contributed by atoms with Gasteiger partial charge in [0.05, 0.1) is 14.2 Å². The van der Waals surface area contributed by atoms with Crippen LogP contribution in [0.4, 0.5) is 4.20 Å². The van der Waals surface area contributed by atoms with Gasteiger partial charge in [-0.05, 0) is 4.60 Å². The molecule has 3 unspecified atom stereocenters. The van der Waals surface area contributed by atoms with E-state index < -0.39 is 24.6 Å². The van der Waals surface area contributed by atoms with Crippen LogP contribution in [0, 0.1) is 0 Å². The maximum atomic E-state index is 14.5. The lowest BCUT2D eigenvalue weighted by Gasteiger charge is -2.40. The van der Waals surface area contributed by atoms with Crippen LogP contribution in [0.25, 0.3) is 0 Å². The van der Waals surface area contributed by atoms with Crippen molar-refractivity contribution >= 4 is 24.6 Å². The number of hydrogen-bond acceptors (Lipinski definition) is 8. The predicted molar refractivity (Wildman–Crippen MR) is 63.0 cm³/mol. The maximum absolute atomic E-state index is 14.5. The van der Waals surface area contributed by atoms with Gasteiger partial charge in [-0.3, -0.25) is 9.68 Å². The van der Waals surface area contributed by atoms with E-state index in [0.717, 1.165) is 4.60 Å². The highest BCUT2D eigenvalue weighted by atomic mass is 31.3. The molecule has 0 aromatic carbocycles. The van der Waals surface area contributed by atoms with Crippen LogP contribution >= 0.6 is 24.6 Å². The van der Waals surface area contributed by atoms with E-state index in [9.17, 15) is 4.20 Å². The molecule has 0 N–H and O–H groups in total. The van der Waals surface area contributed by atoms with Crippen molar-refractivity contribution in [3.8, 4) is 0 Å². The molecule has 102 valence electrons. The van der Waals surface area contributed by atoms with E-state index in [-0.39, 0.29) is 0 Å². The van der Waals surface area contributed by atoms with Crippen LogP contribution in [0.2, 0.25) is 0 Å². The molecule has 0 aromatic heterocycles. The molecule has 0 spiro atoms. The van der Waals surface area contributed by atoms with Gasteiger partial charge in [0.15, 0.2) is 0 Å². The predicted octanol–water partition coefficient (Wildman–Crippen LogP) is 3.04. The lowest BCUT2D eigenvalue weighted by atomic mass is 11.7. The largest absolute Gasteiger partial charge is 0.366 e. The van der Waals surface area contributed by atoms with E-state index in [1.165, 1.54) is 40.2 Å². The van der Waals surface area contributed by atoms with E-state index in [1.54, 1.807) is 0 Å². The van der Waals surface area contributed by atoms with Gasteiger partial charge in [0.1, 0.15) is 0 Å². The second kappa shape index (κ2) is 6.78. The molecule has 8 nitrogen and oxygen atoms in total. The Labute approximate surface area is 102 Å². The lowest BCUT2D eigenvalue weighted by Crippen LogP contribution is -2.26. The Kier molecular flexibility index (Phi) is 6.30. The Bertz CT molecular complexity index is 311. The van der Waals surface area contributed by atoms with E-state index in [4.69, 9.17) is 23.2 Å². The summed E-state index contributed by atoms with van der Waals surface area (Å²) in [6.07, 6.45) is 0. The number of halogens is 1. The summed E-state index contributed by atoms with van der Waals surface area (Å²) < 4.78 is 35.7. The first-order valence-electron chi connectivity index (χ1n) is 4.32. The first-order chi connectivity index (χ1) is 8.07. The molecule has 0 bridgehead atoms. The summed E-state index contributed by atoms with van der Waals surface area (Å²) in [7, 11) is -0.244. The molecule has 12 heteroatoms. The molecule has 3 atom stereocenters. The van der Waals surface area contributed by atoms with Crippen LogP contribution in [0.15, 0.2) is 4.52 Å². The van der Waals surface area contributed by atoms with Gasteiger partial charge in [0.2, 0.25) is 0 Å². The third kappa shape index (κ3) is 3.01. The molecule has 0 saturated heterocycles. The minimum atomic E-state index is -3.73. The highest BCUT2D eigenvalue weighted by Crippen LogP contribution is 2.78. The second-order valence-corrected chi connectivity index (χ2v) is 8.34. The Hall–Kier alpha value is 0.740. The highest BCUT2D eigenvalue weighted by molar-refractivity contribution is 7.77. The average molecular weight is 309 g/mol. The SMILES string of the molecule is CON1P(OC)N=P(F)(OC)N(OC)P1OC. The number of hydrogen-bond donors (Lipinski definition) is 0. The fourth-order valence-electron chi connectivity index (χ4n) is 1.05. The average Bonchev–Trinajstić information content (AvgIpc) is 2.36. The summed E-state index contributed by atoms with van der Waals surface area (Å²) in [6, 6.07) is 0. The van der Waals surface area contributed by atoms with E-state index in [1.807, 2.05) is 0 Å². The molecular formula is C5H15FN3O5P3. The Morgan fingerprint density at radius 1 is 1.06 bits per heavy atom. The zero-order chi connectivity index (χ0) is 13.1. The van der Waals surface area contributed by atoms with Gasteiger partial charge in [-0.15, -0.1) is 0 Å². The minimum Gasteiger partial charge on any atom is -0.331 e. The van der Waals surface area contributed by atoms with Gasteiger partial charge in [0, 0.05) is 21.3 Å². The van der Waals surface area contributed by atoms with Crippen LogP contribution in [0.3, 0.4) is 0 Å². The van der Waals surface area contributed by atoms with Gasteiger partial charge >= 0.3 is 7.74 Å². The smallest absolute Gasteiger partial charge is 0.331 e. The minimum absolute atomic E-state index is 0.948. The van der Waals surface area contributed by atoms with Crippen molar-refractivity contribution < 1.29 is 27.4 Å². The fraction of sp³-hybridized carbons (Fsp3) is 1.00. The van der Waals surface area contributed by atoms with Gasteiger partial charge < -0.3 is 13.6 Å². The topological polar surface area (TPSA) is 65.0 Å². The van der Waals surface area contributed by atoms with Crippen molar-refractivity contribution in [1.82, 2.24) is 9.21 Å². The molecule has 0 radical (unpaired) electrons. The van der Waals surface area contributed by atoms with E-state index >= 15 is 0 Å². The number of rotatable bonds is 5. The quantitative estimate of drug-likeness (QED) is 0.723. The zero-order valence-corrected chi connectivity index (χ0v) is 12.8. The summed E-state index contributed by atoms with van der Waals surface area (Å²) in [6.45, 7) is 0. The molecule has 1 aliphatic rings. The normalized spacial score (nSPS) is 35.9. The van der Waals surface area contributed by atoms with Gasteiger partial charge in [-0.1, -0.05) is 4.60 Å². The van der Waals surface area contributed by atoms with Crippen molar-refractivity contribution in [3.63, 3.8) is 0 Å². The third-order valence-corrected chi connectivity index (χ3v) is 8.33. The van der Waals surface area contributed by atoms with Crippen LogP contribution in [-0.4, -0.2) is 44.8 Å². The Morgan fingerprint density at radius 2 is 1.71 bits per heavy atom. The molecule has 1 aliphatic heterocycles. The van der Waals surface area contributed by atoms with Gasteiger partial charge in [0.25, 0.3) is 16.9 Å². The molecular weight excluding hydrogens is 294 g/mol. The molecule has 0 saturated carbocycles. The summed E-state index contributed by atoms with van der Waals surface area (Å²) >= 11 is 0. The highest BCUT2D eigenvalue weighted by Gasteiger charge is 2.50. The van der Waals surface area contributed by atoms with Crippen molar-refractivity contribution in [2.24, 2.45) is 4.52 Å². The maximum Gasteiger partial charge on any atom is 0.366 e.